The van der Waals surface area contributed by atoms with Crippen LogP contribution in [0.1, 0.15) is 37.7 Å². The fourth-order valence-corrected chi connectivity index (χ4v) is 2.48. The minimum Gasteiger partial charge on any atom is -0.493 e. The first-order valence-electron chi connectivity index (χ1n) is 6.75. The molecule has 2 rings (SSSR count). The van der Waals surface area contributed by atoms with Gasteiger partial charge in [-0.15, -0.1) is 0 Å². The maximum Gasteiger partial charge on any atom is 0.119 e. The van der Waals surface area contributed by atoms with Crippen LogP contribution in [0.15, 0.2) is 24.3 Å². The van der Waals surface area contributed by atoms with Crippen molar-refractivity contribution in [3.05, 3.63) is 29.8 Å². The first-order chi connectivity index (χ1) is 8.38. The van der Waals surface area contributed by atoms with Gasteiger partial charge >= 0.3 is 0 Å². The van der Waals surface area contributed by atoms with Gasteiger partial charge in [0.25, 0.3) is 0 Å². The number of ether oxygens (including phenoxy) is 1. The van der Waals surface area contributed by atoms with Crippen molar-refractivity contribution in [2.75, 3.05) is 13.7 Å². The minimum atomic E-state index is 0.778. The van der Waals surface area contributed by atoms with Crippen molar-refractivity contribution in [2.45, 2.75) is 38.6 Å². The Bertz CT molecular complexity index is 314. The molecule has 1 aromatic carbocycles. The van der Waals surface area contributed by atoms with Gasteiger partial charge < -0.3 is 10.1 Å². The molecular formula is C15H23NO. The smallest absolute Gasteiger partial charge is 0.119 e. The lowest BCUT2D eigenvalue weighted by molar-refractivity contribution is 0.209. The normalized spacial score (nSPS) is 17.0. The predicted octanol–water partition coefficient (Wildman–Crippen LogP) is 3.37. The number of nitrogens with one attached hydrogen (secondary N) is 1. The van der Waals surface area contributed by atoms with Gasteiger partial charge in [0.2, 0.25) is 0 Å². The Hall–Kier alpha value is -1.02. The van der Waals surface area contributed by atoms with Crippen LogP contribution in [0.5, 0.6) is 5.75 Å². The third-order valence-corrected chi connectivity index (χ3v) is 3.51. The first kappa shape index (κ1) is 12.4. The molecule has 17 heavy (non-hydrogen) atoms. The second-order valence-corrected chi connectivity index (χ2v) is 4.99. The Kier molecular flexibility index (Phi) is 4.87. The van der Waals surface area contributed by atoms with Crippen molar-refractivity contribution in [3.63, 3.8) is 0 Å². The molecule has 1 aliphatic carbocycles. The van der Waals surface area contributed by atoms with E-state index in [2.05, 4.69) is 29.6 Å². The van der Waals surface area contributed by atoms with Crippen LogP contribution in [0.2, 0.25) is 0 Å². The summed E-state index contributed by atoms with van der Waals surface area (Å²) >= 11 is 0. The van der Waals surface area contributed by atoms with E-state index in [4.69, 9.17) is 4.74 Å². The molecule has 1 aromatic rings. The number of hydrogen-bond acceptors (Lipinski definition) is 2. The van der Waals surface area contributed by atoms with Crippen LogP contribution < -0.4 is 10.1 Å². The second kappa shape index (κ2) is 6.65. The Morgan fingerprint density at radius 2 is 1.82 bits per heavy atom. The number of hydrogen-bond donors (Lipinski definition) is 1. The highest BCUT2D eigenvalue weighted by Gasteiger charge is 2.13. The van der Waals surface area contributed by atoms with Gasteiger partial charge in [-0.3, -0.25) is 0 Å². The zero-order valence-corrected chi connectivity index (χ0v) is 10.7. The minimum absolute atomic E-state index is 0.778. The van der Waals surface area contributed by atoms with Gasteiger partial charge in [-0.25, -0.2) is 0 Å². The van der Waals surface area contributed by atoms with Crippen LogP contribution in [0.4, 0.5) is 0 Å². The van der Waals surface area contributed by atoms with E-state index in [9.17, 15) is 0 Å². The molecular weight excluding hydrogens is 210 g/mol. The van der Waals surface area contributed by atoms with Crippen molar-refractivity contribution >= 4 is 0 Å². The molecule has 0 unspecified atom stereocenters. The van der Waals surface area contributed by atoms with Gasteiger partial charge in [-0.1, -0.05) is 31.4 Å². The summed E-state index contributed by atoms with van der Waals surface area (Å²) in [5.74, 6) is 1.79. The molecule has 1 saturated carbocycles. The lowest BCUT2D eigenvalue weighted by atomic mass is 9.90. The summed E-state index contributed by atoms with van der Waals surface area (Å²) < 4.78 is 5.86. The molecule has 1 N–H and O–H groups in total. The van der Waals surface area contributed by atoms with Crippen LogP contribution in [0, 0.1) is 5.92 Å². The van der Waals surface area contributed by atoms with Crippen molar-refractivity contribution < 1.29 is 4.74 Å². The van der Waals surface area contributed by atoms with E-state index in [-0.39, 0.29) is 0 Å². The molecule has 0 amide bonds. The monoisotopic (exact) mass is 233 g/mol. The van der Waals surface area contributed by atoms with Gasteiger partial charge in [0, 0.05) is 6.54 Å². The molecule has 0 aliphatic heterocycles. The van der Waals surface area contributed by atoms with Crippen LogP contribution in [-0.2, 0) is 6.54 Å². The maximum atomic E-state index is 5.86. The van der Waals surface area contributed by atoms with Gasteiger partial charge in [-0.05, 0) is 43.5 Å². The van der Waals surface area contributed by atoms with E-state index in [0.29, 0.717) is 0 Å². The quantitative estimate of drug-likeness (QED) is 0.842. The highest BCUT2D eigenvalue weighted by atomic mass is 16.5. The van der Waals surface area contributed by atoms with Crippen molar-refractivity contribution in [1.82, 2.24) is 5.32 Å². The average molecular weight is 233 g/mol. The Labute approximate surface area is 104 Å². The summed E-state index contributed by atoms with van der Waals surface area (Å²) in [4.78, 5) is 0. The molecule has 1 aliphatic rings. The molecule has 94 valence electrons. The molecule has 0 aromatic heterocycles. The van der Waals surface area contributed by atoms with Crippen molar-refractivity contribution in [2.24, 2.45) is 5.92 Å². The lowest BCUT2D eigenvalue weighted by Gasteiger charge is -2.21. The van der Waals surface area contributed by atoms with Gasteiger partial charge in [0.15, 0.2) is 0 Å². The second-order valence-electron chi connectivity index (χ2n) is 4.99. The highest BCUT2D eigenvalue weighted by molar-refractivity contribution is 5.27. The van der Waals surface area contributed by atoms with Gasteiger partial charge in [-0.2, -0.15) is 0 Å². The summed E-state index contributed by atoms with van der Waals surface area (Å²) in [5, 5.41) is 3.15. The molecule has 0 spiro atoms. The van der Waals surface area contributed by atoms with Gasteiger partial charge in [0.05, 0.1) is 6.61 Å². The molecule has 0 atom stereocenters. The molecule has 2 heteroatoms. The highest BCUT2D eigenvalue weighted by Crippen LogP contribution is 2.24. The Morgan fingerprint density at radius 3 is 2.47 bits per heavy atom. The summed E-state index contributed by atoms with van der Waals surface area (Å²) in [6.45, 7) is 1.81. The Balaban J connectivity index is 1.77. The van der Waals surface area contributed by atoms with Crippen LogP contribution in [0.3, 0.4) is 0 Å². The molecule has 1 fully saturated rings. The topological polar surface area (TPSA) is 21.3 Å². The van der Waals surface area contributed by atoms with E-state index in [1.165, 1.54) is 37.7 Å². The van der Waals surface area contributed by atoms with Crippen molar-refractivity contribution in [1.29, 1.82) is 0 Å². The van der Waals surface area contributed by atoms with Crippen LogP contribution in [0.25, 0.3) is 0 Å². The molecule has 0 radical (unpaired) electrons. The lowest BCUT2D eigenvalue weighted by Crippen LogP contribution is -2.15. The average Bonchev–Trinajstić information content (AvgIpc) is 2.40. The van der Waals surface area contributed by atoms with E-state index < -0.39 is 0 Å². The van der Waals surface area contributed by atoms with Crippen LogP contribution >= 0.6 is 0 Å². The SMILES string of the molecule is CNCc1ccc(OCC2CCCCC2)cc1. The first-order valence-corrected chi connectivity index (χ1v) is 6.75. The summed E-state index contributed by atoms with van der Waals surface area (Å²) in [5.41, 5.74) is 1.30. The van der Waals surface area contributed by atoms with E-state index in [0.717, 1.165) is 24.8 Å². The molecule has 0 bridgehead atoms. The third kappa shape index (κ3) is 4.04. The summed E-state index contributed by atoms with van der Waals surface area (Å²) in [7, 11) is 1.97. The van der Waals surface area contributed by atoms with E-state index in [1.54, 1.807) is 0 Å². The summed E-state index contributed by atoms with van der Waals surface area (Å²) in [6.07, 6.45) is 6.87. The van der Waals surface area contributed by atoms with E-state index in [1.807, 2.05) is 7.05 Å². The zero-order valence-electron chi connectivity index (χ0n) is 10.7. The number of rotatable bonds is 5. The predicted molar refractivity (Wildman–Crippen MR) is 71.3 cm³/mol. The number of benzene rings is 1. The van der Waals surface area contributed by atoms with Crippen molar-refractivity contribution in [3.8, 4) is 5.75 Å². The fourth-order valence-electron chi connectivity index (χ4n) is 2.48. The standard InChI is InChI=1S/C15H23NO/c1-16-11-13-7-9-15(10-8-13)17-12-14-5-3-2-4-6-14/h7-10,14,16H,2-6,11-12H2,1H3. The molecule has 2 nitrogen and oxygen atoms in total. The molecule has 0 heterocycles. The summed E-state index contributed by atoms with van der Waals surface area (Å²) in [6, 6.07) is 8.42. The van der Waals surface area contributed by atoms with E-state index >= 15 is 0 Å². The van der Waals surface area contributed by atoms with Crippen LogP contribution in [-0.4, -0.2) is 13.7 Å². The maximum absolute atomic E-state index is 5.86. The zero-order chi connectivity index (χ0) is 11.9. The van der Waals surface area contributed by atoms with Gasteiger partial charge in [0.1, 0.15) is 5.75 Å². The molecule has 0 saturated heterocycles. The third-order valence-electron chi connectivity index (χ3n) is 3.51. The largest absolute Gasteiger partial charge is 0.493 e. The fraction of sp³-hybridized carbons (Fsp3) is 0.600. The Morgan fingerprint density at radius 1 is 1.12 bits per heavy atom.